The molecule has 3 heterocycles. The van der Waals surface area contributed by atoms with Crippen molar-refractivity contribution in [1.29, 1.82) is 0 Å². The number of phenols is 1. The Morgan fingerprint density at radius 1 is 1.20 bits per heavy atom. The molecule has 2 aromatic heterocycles. The van der Waals surface area contributed by atoms with Gasteiger partial charge in [-0.1, -0.05) is 12.1 Å². The summed E-state index contributed by atoms with van der Waals surface area (Å²) in [5.74, 6) is 0.167. The van der Waals surface area contributed by atoms with Crippen LogP contribution in [0.25, 0.3) is 22.3 Å². The van der Waals surface area contributed by atoms with Crippen LogP contribution in [0.15, 0.2) is 35.1 Å². The number of phenolic OH excluding ortho intramolecular Hbond substituents is 1. The van der Waals surface area contributed by atoms with Gasteiger partial charge in [0, 0.05) is 35.6 Å². The van der Waals surface area contributed by atoms with Crippen molar-refractivity contribution in [2.75, 3.05) is 6.54 Å². The maximum atomic E-state index is 12.5. The van der Waals surface area contributed by atoms with Crippen LogP contribution < -0.4 is 5.56 Å². The highest BCUT2D eigenvalue weighted by Gasteiger charge is 2.23. The quantitative estimate of drug-likeness (QED) is 0.751. The first-order valence-electron chi connectivity index (χ1n) is 8.48. The van der Waals surface area contributed by atoms with Gasteiger partial charge in [0.1, 0.15) is 5.75 Å². The average molecular weight is 336 g/mol. The fourth-order valence-corrected chi connectivity index (χ4v) is 3.45. The smallest absolute Gasteiger partial charge is 0.254 e. The number of hydrogen-bond acceptors (Lipinski definition) is 5. The number of para-hydroxylation sites is 1. The van der Waals surface area contributed by atoms with Crippen molar-refractivity contribution in [3.8, 4) is 17.0 Å². The molecule has 1 aromatic carbocycles. The monoisotopic (exact) mass is 336 g/mol. The number of aromatic hydroxyl groups is 1. The molecule has 2 N–H and O–H groups in total. The maximum absolute atomic E-state index is 12.5. The van der Waals surface area contributed by atoms with Crippen LogP contribution in [0.3, 0.4) is 0 Å². The summed E-state index contributed by atoms with van der Waals surface area (Å²) in [6.45, 7) is 5.84. The minimum Gasteiger partial charge on any atom is -0.507 e. The van der Waals surface area contributed by atoms with Crippen molar-refractivity contribution < 1.29 is 5.11 Å². The second-order valence-corrected chi connectivity index (χ2v) is 6.73. The van der Waals surface area contributed by atoms with Crippen molar-refractivity contribution in [2.24, 2.45) is 0 Å². The van der Waals surface area contributed by atoms with E-state index in [0.717, 1.165) is 29.5 Å². The molecule has 128 valence electrons. The molecule has 4 rings (SSSR count). The summed E-state index contributed by atoms with van der Waals surface area (Å²) in [6.07, 6.45) is 0.805. The number of H-pyrrole nitrogens is 1. The molecule has 0 amide bonds. The molecule has 0 saturated heterocycles. The third-order valence-corrected chi connectivity index (χ3v) is 4.91. The Balaban J connectivity index is 1.90. The van der Waals surface area contributed by atoms with E-state index in [-0.39, 0.29) is 11.3 Å². The van der Waals surface area contributed by atoms with Gasteiger partial charge >= 0.3 is 0 Å². The molecular weight excluding hydrogens is 316 g/mol. The largest absolute Gasteiger partial charge is 0.507 e. The van der Waals surface area contributed by atoms with Crippen molar-refractivity contribution in [3.05, 3.63) is 51.8 Å². The van der Waals surface area contributed by atoms with E-state index in [4.69, 9.17) is 0 Å². The lowest BCUT2D eigenvalue weighted by atomic mass is 9.96. The van der Waals surface area contributed by atoms with E-state index < -0.39 is 0 Å². The van der Waals surface area contributed by atoms with Crippen molar-refractivity contribution in [1.82, 2.24) is 20.1 Å². The van der Waals surface area contributed by atoms with E-state index in [1.54, 1.807) is 12.1 Å². The summed E-state index contributed by atoms with van der Waals surface area (Å²) in [5, 5.41) is 19.4. The Morgan fingerprint density at radius 3 is 2.76 bits per heavy atom. The van der Waals surface area contributed by atoms with Crippen LogP contribution in [-0.2, 0) is 13.0 Å². The third-order valence-electron chi connectivity index (χ3n) is 4.91. The molecule has 0 bridgehead atoms. The van der Waals surface area contributed by atoms with Crippen molar-refractivity contribution in [3.63, 3.8) is 0 Å². The molecule has 0 saturated carbocycles. The first kappa shape index (κ1) is 15.8. The summed E-state index contributed by atoms with van der Waals surface area (Å²) < 4.78 is 0. The molecular formula is C19H20N4O2. The van der Waals surface area contributed by atoms with E-state index >= 15 is 0 Å². The van der Waals surface area contributed by atoms with Crippen LogP contribution >= 0.6 is 0 Å². The molecule has 0 unspecified atom stereocenters. The first-order valence-corrected chi connectivity index (χ1v) is 8.48. The summed E-state index contributed by atoms with van der Waals surface area (Å²) in [7, 11) is 0. The van der Waals surface area contributed by atoms with Crippen LogP contribution in [-0.4, -0.2) is 37.8 Å². The number of nitrogens with zero attached hydrogens (tertiary/aromatic N) is 3. The van der Waals surface area contributed by atoms with Crippen LogP contribution in [0.5, 0.6) is 5.75 Å². The Bertz CT molecular complexity index is 1010. The van der Waals surface area contributed by atoms with Crippen LogP contribution in [0.1, 0.15) is 25.0 Å². The molecule has 0 aliphatic carbocycles. The summed E-state index contributed by atoms with van der Waals surface area (Å²) in [6, 6.07) is 9.37. The van der Waals surface area contributed by atoms with E-state index in [1.165, 1.54) is 0 Å². The second-order valence-electron chi connectivity index (χ2n) is 6.73. The van der Waals surface area contributed by atoms with Crippen molar-refractivity contribution >= 4 is 11.0 Å². The second kappa shape index (κ2) is 5.97. The lowest BCUT2D eigenvalue weighted by molar-refractivity contribution is 0.203. The SMILES string of the molecule is CC(C)N1CCc2c(c(=O)[nH]c3nnc(-c4ccccc4O)cc23)C1. The van der Waals surface area contributed by atoms with Gasteiger partial charge in [0.15, 0.2) is 5.65 Å². The van der Waals surface area contributed by atoms with Gasteiger partial charge in [0.05, 0.1) is 5.69 Å². The number of nitrogens with one attached hydrogen (secondary N) is 1. The zero-order valence-electron chi connectivity index (χ0n) is 14.3. The Hall–Kier alpha value is -2.73. The van der Waals surface area contributed by atoms with Gasteiger partial charge in [-0.3, -0.25) is 9.69 Å². The van der Waals surface area contributed by atoms with Crippen LogP contribution in [0.4, 0.5) is 0 Å². The van der Waals surface area contributed by atoms with E-state index in [1.807, 2.05) is 18.2 Å². The molecule has 0 fully saturated rings. The average Bonchev–Trinajstić information content (AvgIpc) is 2.62. The Labute approximate surface area is 145 Å². The highest BCUT2D eigenvalue weighted by Crippen LogP contribution is 2.30. The number of aromatic nitrogens is 3. The van der Waals surface area contributed by atoms with Gasteiger partial charge < -0.3 is 10.1 Å². The molecule has 0 spiro atoms. The molecule has 25 heavy (non-hydrogen) atoms. The third kappa shape index (κ3) is 2.68. The predicted molar refractivity (Wildman–Crippen MR) is 96.5 cm³/mol. The van der Waals surface area contributed by atoms with Gasteiger partial charge in [-0.05, 0) is 44.0 Å². The normalized spacial score (nSPS) is 14.8. The lowest BCUT2D eigenvalue weighted by Gasteiger charge is -2.31. The van der Waals surface area contributed by atoms with Gasteiger partial charge in [0.25, 0.3) is 5.56 Å². The molecule has 0 atom stereocenters. The first-order chi connectivity index (χ1) is 12.0. The standard InChI is InChI=1S/C19H20N4O2/c1-11(2)23-8-7-12-14-9-16(13-5-3-4-6-17(13)24)21-22-18(14)20-19(25)15(12)10-23/h3-6,9,11,24H,7-8,10H2,1-2H3,(H,20,22,25). The lowest BCUT2D eigenvalue weighted by Crippen LogP contribution is -2.39. The number of hydrogen-bond donors (Lipinski definition) is 2. The Morgan fingerprint density at radius 2 is 2.00 bits per heavy atom. The number of rotatable bonds is 2. The molecule has 0 radical (unpaired) electrons. The number of pyridine rings is 1. The van der Waals surface area contributed by atoms with Gasteiger partial charge in [-0.25, -0.2) is 0 Å². The van der Waals surface area contributed by atoms with Gasteiger partial charge in [-0.2, -0.15) is 0 Å². The maximum Gasteiger partial charge on any atom is 0.254 e. The highest BCUT2D eigenvalue weighted by molar-refractivity contribution is 5.84. The Kier molecular flexibility index (Phi) is 3.77. The van der Waals surface area contributed by atoms with Crippen LogP contribution in [0.2, 0.25) is 0 Å². The molecule has 6 nitrogen and oxygen atoms in total. The predicted octanol–water partition coefficient (Wildman–Crippen LogP) is 2.46. The molecule has 1 aliphatic rings. The van der Waals surface area contributed by atoms with Gasteiger partial charge in [0.2, 0.25) is 0 Å². The molecule has 6 heteroatoms. The summed E-state index contributed by atoms with van der Waals surface area (Å²) >= 11 is 0. The minimum absolute atomic E-state index is 0.0857. The minimum atomic E-state index is -0.0857. The number of aromatic amines is 1. The fraction of sp³-hybridized carbons (Fsp3) is 0.316. The molecule has 3 aromatic rings. The topological polar surface area (TPSA) is 82.1 Å². The molecule has 1 aliphatic heterocycles. The zero-order valence-corrected chi connectivity index (χ0v) is 14.3. The van der Waals surface area contributed by atoms with Gasteiger partial charge in [-0.15, -0.1) is 10.2 Å². The highest BCUT2D eigenvalue weighted by atomic mass is 16.3. The summed E-state index contributed by atoms with van der Waals surface area (Å²) in [4.78, 5) is 17.6. The number of benzene rings is 1. The van der Waals surface area contributed by atoms with E-state index in [9.17, 15) is 9.90 Å². The number of fused-ring (bicyclic) bond motifs is 3. The van der Waals surface area contributed by atoms with Crippen molar-refractivity contribution in [2.45, 2.75) is 32.9 Å². The zero-order chi connectivity index (χ0) is 17.6. The van der Waals surface area contributed by atoms with E-state index in [0.29, 0.717) is 29.5 Å². The van der Waals surface area contributed by atoms with Crippen LogP contribution in [0, 0.1) is 0 Å². The van der Waals surface area contributed by atoms with E-state index in [2.05, 4.69) is 33.9 Å². The summed E-state index contributed by atoms with van der Waals surface area (Å²) in [5.41, 5.74) is 3.51. The fourth-order valence-electron chi connectivity index (χ4n) is 3.45.